The number of phenolic OH excluding ortho intramolecular Hbond substituents is 2. The molecule has 0 fully saturated rings. The molecule has 4 aromatic rings. The Bertz CT molecular complexity index is 1110. The van der Waals surface area contributed by atoms with E-state index in [-0.39, 0.29) is 16.9 Å². The minimum absolute atomic E-state index is 0.198. The monoisotopic (exact) mass is 414 g/mol. The molecule has 0 saturated carbocycles. The summed E-state index contributed by atoms with van der Waals surface area (Å²) >= 11 is 0. The van der Waals surface area contributed by atoms with Crippen LogP contribution in [0.15, 0.2) is 60.7 Å². The van der Waals surface area contributed by atoms with Crippen LogP contribution in [-0.4, -0.2) is 20.2 Å². The number of phenols is 2. The lowest BCUT2D eigenvalue weighted by molar-refractivity contribution is 0.387. The van der Waals surface area contributed by atoms with Gasteiger partial charge in [0.05, 0.1) is 16.8 Å². The molecule has 2 N–H and O–H groups in total. The number of rotatable bonds is 8. The van der Waals surface area contributed by atoms with E-state index in [0.29, 0.717) is 11.0 Å². The summed E-state index contributed by atoms with van der Waals surface area (Å²) in [6.07, 6.45) is 6.08. The lowest BCUT2D eigenvalue weighted by Gasteiger charge is -2.34. The molecule has 0 unspecified atom stereocenters. The molecule has 0 saturated heterocycles. The van der Waals surface area contributed by atoms with Crippen LogP contribution in [-0.2, 0) is 5.41 Å². The highest BCUT2D eigenvalue weighted by atomic mass is 16.3. The largest absolute Gasteiger partial charge is 0.506 e. The van der Waals surface area contributed by atoms with Crippen LogP contribution in [0, 0.1) is 0 Å². The van der Waals surface area contributed by atoms with E-state index in [9.17, 15) is 10.2 Å². The summed E-state index contributed by atoms with van der Waals surface area (Å²) in [6.45, 7) is 4.40. The summed E-state index contributed by atoms with van der Waals surface area (Å²) in [5.74, 6) is 0.395. The van der Waals surface area contributed by atoms with Gasteiger partial charge in [-0.05, 0) is 37.1 Å². The SMILES string of the molecule is CCCCC(CCCC)(c1ccc2cccc(O)c2n1)c1ccc2cccc(O)c2n1. The van der Waals surface area contributed by atoms with Crippen molar-refractivity contribution >= 4 is 21.8 Å². The molecule has 160 valence electrons. The summed E-state index contributed by atoms with van der Waals surface area (Å²) in [4.78, 5) is 9.96. The fraction of sp³-hybridized carbons (Fsp3) is 0.333. The first kappa shape index (κ1) is 21.1. The van der Waals surface area contributed by atoms with Crippen molar-refractivity contribution in [3.63, 3.8) is 0 Å². The standard InChI is InChI=1S/C27H30N2O2/c1-3-5-17-27(18-6-4-2,23-15-13-19-9-7-11-21(30)25(19)28-23)24-16-14-20-10-8-12-22(31)26(20)29-24/h7-16,30-31H,3-6,17-18H2,1-2H3. The molecule has 4 rings (SSSR count). The second-order valence-electron chi connectivity index (χ2n) is 8.38. The van der Waals surface area contributed by atoms with Crippen LogP contribution in [0.2, 0.25) is 0 Å². The highest BCUT2D eigenvalue weighted by molar-refractivity contribution is 5.85. The number of pyridine rings is 2. The van der Waals surface area contributed by atoms with E-state index in [1.807, 2.05) is 36.4 Å². The number of aromatic hydroxyl groups is 2. The molecule has 2 aromatic heterocycles. The fourth-order valence-electron chi connectivity index (χ4n) is 4.52. The molecule has 2 heterocycles. The molecule has 4 nitrogen and oxygen atoms in total. The maximum atomic E-state index is 10.5. The quantitative estimate of drug-likeness (QED) is 0.330. The molecule has 0 amide bonds. The van der Waals surface area contributed by atoms with Gasteiger partial charge in [0.25, 0.3) is 0 Å². The predicted octanol–water partition coefficient (Wildman–Crippen LogP) is 6.86. The van der Waals surface area contributed by atoms with Crippen molar-refractivity contribution in [2.45, 2.75) is 57.8 Å². The van der Waals surface area contributed by atoms with E-state index in [2.05, 4.69) is 26.0 Å². The van der Waals surface area contributed by atoms with Crippen molar-refractivity contribution in [3.05, 3.63) is 72.1 Å². The second-order valence-corrected chi connectivity index (χ2v) is 8.38. The highest BCUT2D eigenvalue weighted by Gasteiger charge is 2.36. The van der Waals surface area contributed by atoms with Crippen molar-refractivity contribution in [3.8, 4) is 11.5 Å². The molecule has 2 aromatic carbocycles. The van der Waals surface area contributed by atoms with Gasteiger partial charge < -0.3 is 10.2 Å². The molecule has 0 aliphatic heterocycles. The molecule has 0 aliphatic carbocycles. The summed E-state index contributed by atoms with van der Waals surface area (Å²) in [7, 11) is 0. The Morgan fingerprint density at radius 2 is 1.10 bits per heavy atom. The number of hydrogen-bond donors (Lipinski definition) is 2. The van der Waals surface area contributed by atoms with Crippen LogP contribution in [0.5, 0.6) is 11.5 Å². The number of aromatic nitrogens is 2. The number of benzene rings is 2. The minimum Gasteiger partial charge on any atom is -0.506 e. The third-order valence-electron chi connectivity index (χ3n) is 6.29. The zero-order valence-electron chi connectivity index (χ0n) is 18.3. The first-order valence-electron chi connectivity index (χ1n) is 11.3. The highest BCUT2D eigenvalue weighted by Crippen LogP contribution is 2.42. The lowest BCUT2D eigenvalue weighted by Crippen LogP contribution is -2.30. The smallest absolute Gasteiger partial charge is 0.141 e. The van der Waals surface area contributed by atoms with Gasteiger partial charge in [0.15, 0.2) is 0 Å². The van der Waals surface area contributed by atoms with E-state index in [0.717, 1.165) is 60.7 Å². The molecule has 0 radical (unpaired) electrons. The number of unbranched alkanes of at least 4 members (excludes halogenated alkanes) is 2. The number of para-hydroxylation sites is 2. The topological polar surface area (TPSA) is 66.2 Å². The van der Waals surface area contributed by atoms with Gasteiger partial charge in [0.1, 0.15) is 22.5 Å². The summed E-state index contributed by atoms with van der Waals surface area (Å²) in [6, 6.07) is 19.3. The first-order chi connectivity index (χ1) is 15.1. The Kier molecular flexibility index (Phi) is 6.08. The third kappa shape index (κ3) is 3.95. The molecule has 31 heavy (non-hydrogen) atoms. The third-order valence-corrected chi connectivity index (χ3v) is 6.29. The lowest BCUT2D eigenvalue weighted by atomic mass is 9.72. The predicted molar refractivity (Wildman–Crippen MR) is 127 cm³/mol. The Hall–Kier alpha value is -3.14. The van der Waals surface area contributed by atoms with Crippen molar-refractivity contribution in [2.75, 3.05) is 0 Å². The average Bonchev–Trinajstić information content (AvgIpc) is 2.80. The summed E-state index contributed by atoms with van der Waals surface area (Å²) in [5, 5.41) is 22.7. The van der Waals surface area contributed by atoms with Gasteiger partial charge in [-0.2, -0.15) is 0 Å². The van der Waals surface area contributed by atoms with Crippen LogP contribution in [0.1, 0.15) is 63.8 Å². The average molecular weight is 415 g/mol. The van der Waals surface area contributed by atoms with Crippen molar-refractivity contribution in [2.24, 2.45) is 0 Å². The van der Waals surface area contributed by atoms with E-state index < -0.39 is 0 Å². The molecule has 0 bridgehead atoms. The minimum atomic E-state index is -0.376. The number of hydrogen-bond acceptors (Lipinski definition) is 4. The van der Waals surface area contributed by atoms with Crippen molar-refractivity contribution < 1.29 is 10.2 Å². The molecule has 0 spiro atoms. The van der Waals surface area contributed by atoms with Gasteiger partial charge in [-0.25, -0.2) is 9.97 Å². The van der Waals surface area contributed by atoms with Gasteiger partial charge in [-0.15, -0.1) is 0 Å². The van der Waals surface area contributed by atoms with E-state index >= 15 is 0 Å². The zero-order chi connectivity index (χ0) is 21.8. The molecule has 0 aliphatic rings. The Balaban J connectivity index is 1.97. The number of fused-ring (bicyclic) bond motifs is 2. The normalized spacial score (nSPS) is 11.9. The molecular weight excluding hydrogens is 384 g/mol. The van der Waals surface area contributed by atoms with Crippen LogP contribution in [0.3, 0.4) is 0 Å². The number of nitrogens with zero attached hydrogens (tertiary/aromatic N) is 2. The Labute approximate surface area is 183 Å². The fourth-order valence-corrected chi connectivity index (χ4v) is 4.52. The van der Waals surface area contributed by atoms with Crippen LogP contribution >= 0.6 is 0 Å². The molecule has 0 atom stereocenters. The second kappa shape index (κ2) is 8.93. The van der Waals surface area contributed by atoms with Gasteiger partial charge in [0.2, 0.25) is 0 Å². The van der Waals surface area contributed by atoms with E-state index in [1.165, 1.54) is 0 Å². The van der Waals surface area contributed by atoms with Gasteiger partial charge in [0, 0.05) is 10.8 Å². The van der Waals surface area contributed by atoms with Crippen molar-refractivity contribution in [1.29, 1.82) is 0 Å². The van der Waals surface area contributed by atoms with Gasteiger partial charge >= 0.3 is 0 Å². The Morgan fingerprint density at radius 1 is 0.645 bits per heavy atom. The van der Waals surface area contributed by atoms with Crippen molar-refractivity contribution in [1.82, 2.24) is 9.97 Å². The van der Waals surface area contributed by atoms with Gasteiger partial charge in [-0.1, -0.05) is 75.9 Å². The van der Waals surface area contributed by atoms with E-state index in [4.69, 9.17) is 9.97 Å². The zero-order valence-corrected chi connectivity index (χ0v) is 18.3. The molecular formula is C27H30N2O2. The molecule has 4 heteroatoms. The maximum absolute atomic E-state index is 10.5. The van der Waals surface area contributed by atoms with Crippen LogP contribution in [0.25, 0.3) is 21.8 Å². The van der Waals surface area contributed by atoms with Gasteiger partial charge in [-0.3, -0.25) is 0 Å². The maximum Gasteiger partial charge on any atom is 0.141 e. The summed E-state index contributed by atoms with van der Waals surface area (Å²) < 4.78 is 0. The van der Waals surface area contributed by atoms with Crippen LogP contribution in [0.4, 0.5) is 0 Å². The first-order valence-corrected chi connectivity index (χ1v) is 11.3. The van der Waals surface area contributed by atoms with Crippen LogP contribution < -0.4 is 0 Å². The Morgan fingerprint density at radius 3 is 1.52 bits per heavy atom. The summed E-state index contributed by atoms with van der Waals surface area (Å²) in [5.41, 5.74) is 2.75. The van der Waals surface area contributed by atoms with E-state index in [1.54, 1.807) is 12.1 Å².